The summed E-state index contributed by atoms with van der Waals surface area (Å²) in [6, 6.07) is 4.66. The molecule has 2 aliphatic carbocycles. The van der Waals surface area contributed by atoms with Crippen molar-refractivity contribution in [2.45, 2.75) is 52.3 Å². The maximum atomic E-state index is 12.8. The van der Waals surface area contributed by atoms with Crippen molar-refractivity contribution in [3.8, 4) is 0 Å². The van der Waals surface area contributed by atoms with E-state index in [-0.39, 0.29) is 22.4 Å². The SMILES string of the molecule is CC1(C)[C@H]2CC[C@]1(C)[C@H](NC(=O)c1cccc(C(F)(F)F)c1)C2. The summed E-state index contributed by atoms with van der Waals surface area (Å²) in [5, 5.41) is 3.00. The molecule has 1 N–H and O–H groups in total. The van der Waals surface area contributed by atoms with Crippen molar-refractivity contribution >= 4 is 5.91 Å². The summed E-state index contributed by atoms with van der Waals surface area (Å²) in [6.45, 7) is 6.67. The van der Waals surface area contributed by atoms with Crippen LogP contribution in [0.4, 0.5) is 13.2 Å². The van der Waals surface area contributed by atoms with Gasteiger partial charge in [-0.15, -0.1) is 0 Å². The van der Waals surface area contributed by atoms with Crippen LogP contribution in [0.15, 0.2) is 24.3 Å². The van der Waals surface area contributed by atoms with Crippen LogP contribution in [0.3, 0.4) is 0 Å². The van der Waals surface area contributed by atoms with Crippen LogP contribution in [0.25, 0.3) is 0 Å². The number of amides is 1. The Bertz CT molecular complexity index is 637. The minimum Gasteiger partial charge on any atom is -0.349 e. The molecule has 126 valence electrons. The Morgan fingerprint density at radius 1 is 1.26 bits per heavy atom. The summed E-state index contributed by atoms with van der Waals surface area (Å²) < 4.78 is 38.4. The first kappa shape index (κ1) is 16.3. The highest BCUT2D eigenvalue weighted by molar-refractivity contribution is 5.94. The highest BCUT2D eigenvalue weighted by Crippen LogP contribution is 2.65. The fourth-order valence-electron chi connectivity index (χ4n) is 4.50. The van der Waals surface area contributed by atoms with E-state index in [0.29, 0.717) is 5.92 Å². The van der Waals surface area contributed by atoms with E-state index >= 15 is 0 Å². The number of carbonyl (C=O) groups is 1. The summed E-state index contributed by atoms with van der Waals surface area (Å²) >= 11 is 0. The van der Waals surface area contributed by atoms with Crippen molar-refractivity contribution in [2.24, 2.45) is 16.7 Å². The smallest absolute Gasteiger partial charge is 0.349 e. The van der Waals surface area contributed by atoms with Gasteiger partial charge in [-0.1, -0.05) is 26.8 Å². The molecule has 0 heterocycles. The molecule has 1 amide bonds. The molecule has 3 atom stereocenters. The van der Waals surface area contributed by atoms with Crippen molar-refractivity contribution in [2.75, 3.05) is 0 Å². The number of hydrogen-bond acceptors (Lipinski definition) is 1. The monoisotopic (exact) mass is 325 g/mol. The first-order valence-electron chi connectivity index (χ1n) is 8.04. The minimum absolute atomic E-state index is 0.00889. The molecular weight excluding hydrogens is 303 g/mol. The van der Waals surface area contributed by atoms with Crippen LogP contribution in [0, 0.1) is 16.7 Å². The molecule has 0 unspecified atom stereocenters. The molecule has 2 fully saturated rings. The van der Waals surface area contributed by atoms with Gasteiger partial charge < -0.3 is 5.32 Å². The van der Waals surface area contributed by atoms with Gasteiger partial charge in [-0.05, 0) is 54.2 Å². The van der Waals surface area contributed by atoms with Crippen LogP contribution in [0.1, 0.15) is 56.0 Å². The zero-order valence-electron chi connectivity index (χ0n) is 13.6. The molecule has 23 heavy (non-hydrogen) atoms. The van der Waals surface area contributed by atoms with Gasteiger partial charge in [0.25, 0.3) is 5.91 Å². The van der Waals surface area contributed by atoms with E-state index in [0.717, 1.165) is 25.0 Å². The number of fused-ring (bicyclic) bond motifs is 2. The number of nitrogens with one attached hydrogen (secondary N) is 1. The third-order valence-electron chi connectivity index (χ3n) is 6.55. The van der Waals surface area contributed by atoms with Crippen LogP contribution in [-0.4, -0.2) is 11.9 Å². The lowest BCUT2D eigenvalue weighted by Gasteiger charge is -2.39. The van der Waals surface area contributed by atoms with E-state index < -0.39 is 17.6 Å². The third-order valence-corrected chi connectivity index (χ3v) is 6.55. The fourth-order valence-corrected chi connectivity index (χ4v) is 4.50. The highest BCUT2D eigenvalue weighted by Gasteiger charge is 2.61. The Labute approximate surface area is 134 Å². The van der Waals surface area contributed by atoms with Gasteiger partial charge in [0.2, 0.25) is 0 Å². The Morgan fingerprint density at radius 3 is 2.48 bits per heavy atom. The number of hydrogen-bond donors (Lipinski definition) is 1. The molecule has 0 spiro atoms. The molecule has 0 saturated heterocycles. The van der Waals surface area contributed by atoms with E-state index in [1.54, 1.807) is 0 Å². The average molecular weight is 325 g/mol. The number of rotatable bonds is 2. The van der Waals surface area contributed by atoms with Gasteiger partial charge in [-0.3, -0.25) is 4.79 Å². The van der Waals surface area contributed by atoms with Crippen molar-refractivity contribution in [3.05, 3.63) is 35.4 Å². The minimum atomic E-state index is -4.43. The van der Waals surface area contributed by atoms with E-state index in [4.69, 9.17) is 0 Å². The van der Waals surface area contributed by atoms with Crippen molar-refractivity contribution in [3.63, 3.8) is 0 Å². The molecule has 0 radical (unpaired) electrons. The van der Waals surface area contributed by atoms with E-state index in [1.165, 1.54) is 18.6 Å². The first-order valence-corrected chi connectivity index (χ1v) is 8.04. The molecule has 1 aromatic carbocycles. The van der Waals surface area contributed by atoms with Gasteiger partial charge in [0, 0.05) is 11.6 Å². The van der Waals surface area contributed by atoms with Crippen molar-refractivity contribution in [1.82, 2.24) is 5.32 Å². The van der Waals surface area contributed by atoms with Gasteiger partial charge in [0.05, 0.1) is 5.56 Å². The Kier molecular flexibility index (Phi) is 3.54. The lowest BCUT2D eigenvalue weighted by molar-refractivity contribution is -0.137. The van der Waals surface area contributed by atoms with Gasteiger partial charge in [0.1, 0.15) is 0 Å². The Hall–Kier alpha value is -1.52. The quantitative estimate of drug-likeness (QED) is 0.842. The largest absolute Gasteiger partial charge is 0.416 e. The number of halogens is 3. The zero-order chi connectivity index (χ0) is 17.0. The molecule has 2 nitrogen and oxygen atoms in total. The summed E-state index contributed by atoms with van der Waals surface area (Å²) in [4.78, 5) is 12.4. The van der Waals surface area contributed by atoms with E-state index in [1.807, 2.05) is 0 Å². The molecule has 3 rings (SSSR count). The van der Waals surface area contributed by atoms with Crippen LogP contribution >= 0.6 is 0 Å². The topological polar surface area (TPSA) is 29.1 Å². The molecular formula is C18H22F3NO. The van der Waals surface area contributed by atoms with Crippen molar-refractivity contribution < 1.29 is 18.0 Å². The summed E-state index contributed by atoms with van der Waals surface area (Å²) in [5.74, 6) is 0.157. The first-order chi connectivity index (χ1) is 10.6. The molecule has 0 aliphatic heterocycles. The van der Waals surface area contributed by atoms with Gasteiger partial charge in [0.15, 0.2) is 0 Å². The maximum absolute atomic E-state index is 12.8. The summed E-state index contributed by atoms with van der Waals surface area (Å²) in [5.41, 5.74) is -0.554. The molecule has 5 heteroatoms. The van der Waals surface area contributed by atoms with E-state index in [9.17, 15) is 18.0 Å². The second-order valence-electron chi connectivity index (χ2n) is 7.72. The summed E-state index contributed by atoms with van der Waals surface area (Å²) in [7, 11) is 0. The second kappa shape index (κ2) is 4.99. The maximum Gasteiger partial charge on any atom is 0.416 e. The number of benzene rings is 1. The third kappa shape index (κ3) is 2.45. The van der Waals surface area contributed by atoms with Crippen LogP contribution in [-0.2, 0) is 6.18 Å². The molecule has 2 saturated carbocycles. The van der Waals surface area contributed by atoms with Crippen LogP contribution in [0.2, 0.25) is 0 Å². The zero-order valence-corrected chi connectivity index (χ0v) is 13.6. The molecule has 2 bridgehead atoms. The highest BCUT2D eigenvalue weighted by atomic mass is 19.4. The number of carbonyl (C=O) groups excluding carboxylic acids is 1. The lowest BCUT2D eigenvalue weighted by Crippen LogP contribution is -2.46. The average Bonchev–Trinajstić information content (AvgIpc) is 2.80. The predicted molar refractivity (Wildman–Crippen MR) is 81.9 cm³/mol. The molecule has 1 aromatic rings. The van der Waals surface area contributed by atoms with E-state index in [2.05, 4.69) is 26.1 Å². The number of alkyl halides is 3. The second-order valence-corrected chi connectivity index (χ2v) is 7.72. The summed E-state index contributed by atoms with van der Waals surface area (Å²) in [6.07, 6.45) is -1.30. The Morgan fingerprint density at radius 2 is 1.96 bits per heavy atom. The van der Waals surface area contributed by atoms with Gasteiger partial charge in [-0.2, -0.15) is 13.2 Å². The molecule has 0 aromatic heterocycles. The van der Waals surface area contributed by atoms with Crippen LogP contribution < -0.4 is 5.32 Å². The lowest BCUT2D eigenvalue weighted by atomic mass is 9.69. The molecule has 2 aliphatic rings. The Balaban J connectivity index is 1.79. The standard InChI is InChI=1S/C18H22F3NO/c1-16(2)12-7-8-17(16,3)14(10-12)22-15(23)11-5-4-6-13(9-11)18(19,20)21/h4-6,9,12,14H,7-8,10H2,1-3H3,(H,22,23)/t12-,14+,17+/m0/s1. The van der Waals surface area contributed by atoms with Gasteiger partial charge >= 0.3 is 6.18 Å². The normalized spacial score (nSPS) is 32.1. The predicted octanol–water partition coefficient (Wildman–Crippen LogP) is 4.65. The van der Waals surface area contributed by atoms with Crippen molar-refractivity contribution in [1.29, 1.82) is 0 Å². The van der Waals surface area contributed by atoms with Crippen LogP contribution in [0.5, 0.6) is 0 Å². The van der Waals surface area contributed by atoms with Gasteiger partial charge in [-0.25, -0.2) is 0 Å². The fraction of sp³-hybridized carbons (Fsp3) is 0.611.